The zero-order chi connectivity index (χ0) is 12.4. The molecule has 2 aromatic carbocycles. The number of phenolic OH excluding ortho intramolecular Hbond substituents is 1. The predicted molar refractivity (Wildman–Crippen MR) is 66.2 cm³/mol. The van der Waals surface area contributed by atoms with E-state index < -0.39 is 5.82 Å². The second-order valence-corrected chi connectivity index (χ2v) is 4.36. The highest BCUT2D eigenvalue weighted by atomic mass is 35.5. The van der Waals surface area contributed by atoms with Gasteiger partial charge in [-0.25, -0.2) is 4.39 Å². The Labute approximate surface area is 108 Å². The Bertz CT molecular complexity index is 538. The number of hydrogen-bond donors (Lipinski definition) is 1. The summed E-state index contributed by atoms with van der Waals surface area (Å²) < 4.78 is 13.3. The van der Waals surface area contributed by atoms with Gasteiger partial charge < -0.3 is 5.11 Å². The topological polar surface area (TPSA) is 20.2 Å². The summed E-state index contributed by atoms with van der Waals surface area (Å²) in [6.07, 6.45) is 0.371. The van der Waals surface area contributed by atoms with Crippen molar-refractivity contribution in [2.45, 2.75) is 6.42 Å². The number of halogens is 3. The second kappa shape index (κ2) is 4.94. The standard InChI is InChI=1S/C13H8Cl2FO/c14-11-5-6-12(16)13(15)10(11)7-8-1-3-9(17)4-2-8/h1,3-6,17H,7H2. The van der Waals surface area contributed by atoms with Crippen LogP contribution >= 0.6 is 23.2 Å². The molecule has 0 fully saturated rings. The Morgan fingerprint density at radius 2 is 1.94 bits per heavy atom. The number of benzene rings is 2. The fraction of sp³-hybridized carbons (Fsp3) is 0.0769. The third-order valence-electron chi connectivity index (χ3n) is 2.37. The van der Waals surface area contributed by atoms with Crippen LogP contribution < -0.4 is 0 Å². The summed E-state index contributed by atoms with van der Waals surface area (Å²) in [6.45, 7) is 0. The van der Waals surface area contributed by atoms with Gasteiger partial charge in [-0.3, -0.25) is 0 Å². The maximum absolute atomic E-state index is 13.3. The largest absolute Gasteiger partial charge is 0.508 e. The van der Waals surface area contributed by atoms with E-state index in [4.69, 9.17) is 28.3 Å². The zero-order valence-corrected chi connectivity index (χ0v) is 10.2. The molecule has 2 aromatic rings. The third kappa shape index (κ3) is 2.71. The second-order valence-electron chi connectivity index (χ2n) is 3.57. The van der Waals surface area contributed by atoms with Gasteiger partial charge >= 0.3 is 0 Å². The maximum atomic E-state index is 13.3. The van der Waals surface area contributed by atoms with Gasteiger partial charge in [-0.05, 0) is 41.5 Å². The molecule has 0 aliphatic rings. The minimum atomic E-state index is -0.496. The molecule has 1 nitrogen and oxygen atoms in total. The molecular weight excluding hydrogens is 262 g/mol. The molecule has 1 N–H and O–H groups in total. The molecule has 0 saturated carbocycles. The molecule has 0 amide bonds. The summed E-state index contributed by atoms with van der Waals surface area (Å²) in [6, 6.07) is 10.2. The van der Waals surface area contributed by atoms with Crippen LogP contribution in [0.3, 0.4) is 0 Å². The molecule has 0 aliphatic heterocycles. The number of rotatable bonds is 2. The molecule has 4 heteroatoms. The van der Waals surface area contributed by atoms with E-state index in [9.17, 15) is 4.39 Å². The SMILES string of the molecule is Oc1c[c]c(Cc2c(Cl)ccc(F)c2Cl)cc1. The average Bonchev–Trinajstić information content (AvgIpc) is 2.32. The molecule has 0 aromatic heterocycles. The van der Waals surface area contributed by atoms with E-state index in [0.717, 1.165) is 5.56 Å². The lowest BCUT2D eigenvalue weighted by Gasteiger charge is -2.07. The molecule has 0 saturated heterocycles. The van der Waals surface area contributed by atoms with Gasteiger partial charge in [0.2, 0.25) is 0 Å². The molecule has 2 rings (SSSR count). The van der Waals surface area contributed by atoms with Crippen molar-refractivity contribution in [1.82, 2.24) is 0 Å². The van der Waals surface area contributed by atoms with E-state index in [0.29, 0.717) is 17.0 Å². The maximum Gasteiger partial charge on any atom is 0.142 e. The van der Waals surface area contributed by atoms with Crippen molar-refractivity contribution in [3.63, 3.8) is 0 Å². The van der Waals surface area contributed by atoms with Gasteiger partial charge in [0.15, 0.2) is 0 Å². The summed E-state index contributed by atoms with van der Waals surface area (Å²) in [5.74, 6) is -0.366. The van der Waals surface area contributed by atoms with E-state index in [1.807, 2.05) is 0 Å². The van der Waals surface area contributed by atoms with Gasteiger partial charge in [0.05, 0.1) is 5.02 Å². The van der Waals surface area contributed by atoms with Crippen molar-refractivity contribution in [1.29, 1.82) is 0 Å². The quantitative estimate of drug-likeness (QED) is 0.809. The molecule has 0 spiro atoms. The Kier molecular flexibility index (Phi) is 3.55. The van der Waals surface area contributed by atoms with Gasteiger partial charge in [-0.1, -0.05) is 29.3 Å². The Balaban J connectivity index is 2.36. The lowest BCUT2D eigenvalue weighted by atomic mass is 10.0. The highest BCUT2D eigenvalue weighted by molar-refractivity contribution is 6.36. The molecule has 0 heterocycles. The number of phenols is 1. The predicted octanol–water partition coefficient (Wildman–Crippen LogP) is 4.23. The summed E-state index contributed by atoms with van der Waals surface area (Å²) in [7, 11) is 0. The van der Waals surface area contributed by atoms with Crippen molar-refractivity contribution in [3.8, 4) is 5.75 Å². The summed E-state index contributed by atoms with van der Waals surface area (Å²) >= 11 is 11.8. The summed E-state index contributed by atoms with van der Waals surface area (Å²) in [4.78, 5) is 0. The molecule has 0 bridgehead atoms. The van der Waals surface area contributed by atoms with E-state index >= 15 is 0 Å². The van der Waals surface area contributed by atoms with Crippen LogP contribution in [0, 0.1) is 11.9 Å². The van der Waals surface area contributed by atoms with Crippen LogP contribution in [0.1, 0.15) is 11.1 Å². The molecule has 17 heavy (non-hydrogen) atoms. The monoisotopic (exact) mass is 269 g/mol. The van der Waals surface area contributed by atoms with Crippen molar-refractivity contribution in [2.24, 2.45) is 0 Å². The van der Waals surface area contributed by atoms with Gasteiger partial charge in [0.25, 0.3) is 0 Å². The fourth-order valence-corrected chi connectivity index (χ4v) is 1.98. The fourth-order valence-electron chi connectivity index (χ4n) is 1.48. The molecular formula is C13H8Cl2FO. The third-order valence-corrected chi connectivity index (χ3v) is 3.13. The first-order chi connectivity index (χ1) is 8.08. The zero-order valence-electron chi connectivity index (χ0n) is 8.67. The smallest absolute Gasteiger partial charge is 0.142 e. The van der Waals surface area contributed by atoms with E-state index in [1.54, 1.807) is 6.07 Å². The lowest BCUT2D eigenvalue weighted by Crippen LogP contribution is -1.93. The first-order valence-corrected chi connectivity index (χ1v) is 5.65. The number of hydrogen-bond acceptors (Lipinski definition) is 1. The first-order valence-electron chi connectivity index (χ1n) is 4.90. The number of aromatic hydroxyl groups is 1. The van der Waals surface area contributed by atoms with Crippen LogP contribution in [0.25, 0.3) is 0 Å². The summed E-state index contributed by atoms with van der Waals surface area (Å²) in [5.41, 5.74) is 1.30. The van der Waals surface area contributed by atoms with Crippen LogP contribution in [0.15, 0.2) is 30.3 Å². The highest BCUT2D eigenvalue weighted by Crippen LogP contribution is 2.29. The molecule has 87 valence electrons. The Morgan fingerprint density at radius 3 is 2.59 bits per heavy atom. The molecule has 0 aliphatic carbocycles. The first kappa shape index (κ1) is 12.2. The van der Waals surface area contributed by atoms with Crippen LogP contribution in [-0.4, -0.2) is 5.11 Å². The van der Waals surface area contributed by atoms with Gasteiger partial charge in [0.1, 0.15) is 11.6 Å². The minimum absolute atomic E-state index is 0.0268. The molecule has 0 atom stereocenters. The van der Waals surface area contributed by atoms with Gasteiger partial charge in [-0.15, -0.1) is 0 Å². The van der Waals surface area contributed by atoms with Crippen molar-refractivity contribution in [3.05, 3.63) is 63.4 Å². The van der Waals surface area contributed by atoms with Crippen molar-refractivity contribution < 1.29 is 9.50 Å². The van der Waals surface area contributed by atoms with Crippen LogP contribution in [0.5, 0.6) is 5.75 Å². The van der Waals surface area contributed by atoms with E-state index in [-0.39, 0.29) is 10.8 Å². The lowest BCUT2D eigenvalue weighted by molar-refractivity contribution is 0.475. The molecule has 0 unspecified atom stereocenters. The Morgan fingerprint density at radius 1 is 1.18 bits per heavy atom. The van der Waals surface area contributed by atoms with Gasteiger partial charge in [0, 0.05) is 11.4 Å². The minimum Gasteiger partial charge on any atom is -0.508 e. The van der Waals surface area contributed by atoms with E-state index in [2.05, 4.69) is 6.07 Å². The molecule has 1 radical (unpaired) electrons. The highest BCUT2D eigenvalue weighted by Gasteiger charge is 2.11. The van der Waals surface area contributed by atoms with Crippen LogP contribution in [0.2, 0.25) is 10.0 Å². The normalized spacial score (nSPS) is 10.5. The summed E-state index contributed by atoms with van der Waals surface area (Å²) in [5, 5.41) is 9.57. The van der Waals surface area contributed by atoms with Crippen molar-refractivity contribution >= 4 is 23.2 Å². The van der Waals surface area contributed by atoms with Crippen LogP contribution in [0.4, 0.5) is 4.39 Å². The van der Waals surface area contributed by atoms with Crippen molar-refractivity contribution in [2.75, 3.05) is 0 Å². The average molecular weight is 270 g/mol. The van der Waals surface area contributed by atoms with E-state index in [1.165, 1.54) is 24.3 Å². The Hall–Kier alpha value is -1.25. The van der Waals surface area contributed by atoms with Crippen LogP contribution in [-0.2, 0) is 6.42 Å². The van der Waals surface area contributed by atoms with Gasteiger partial charge in [-0.2, -0.15) is 0 Å².